The van der Waals surface area contributed by atoms with Crippen molar-refractivity contribution in [3.05, 3.63) is 53.6 Å². The minimum atomic E-state index is 0.00179. The van der Waals surface area contributed by atoms with Crippen LogP contribution >= 0.6 is 0 Å². The summed E-state index contributed by atoms with van der Waals surface area (Å²) in [4.78, 5) is 0. The van der Waals surface area contributed by atoms with Crippen molar-refractivity contribution < 1.29 is 15.3 Å². The van der Waals surface area contributed by atoms with Gasteiger partial charge < -0.3 is 15.3 Å². The van der Waals surface area contributed by atoms with E-state index in [1.54, 1.807) is 30.4 Å². The lowest BCUT2D eigenvalue weighted by Crippen LogP contribution is -1.75. The molecule has 0 spiro atoms. The van der Waals surface area contributed by atoms with Gasteiger partial charge in [-0.15, -0.1) is 0 Å². The number of rotatable bonds is 2. The minimum absolute atomic E-state index is 0.00179. The predicted octanol–water partition coefficient (Wildman–Crippen LogP) is 2.97. The molecular formula is C14H12O3. The molecule has 0 aliphatic carbocycles. The van der Waals surface area contributed by atoms with Gasteiger partial charge in [0.15, 0.2) is 0 Å². The van der Waals surface area contributed by atoms with Crippen LogP contribution in [0.25, 0.3) is 12.2 Å². The fourth-order valence-corrected chi connectivity index (χ4v) is 1.53. The zero-order chi connectivity index (χ0) is 12.3. The van der Waals surface area contributed by atoms with Gasteiger partial charge in [0.05, 0.1) is 0 Å². The van der Waals surface area contributed by atoms with Gasteiger partial charge in [-0.25, -0.2) is 0 Å². The first kappa shape index (κ1) is 11.1. The minimum Gasteiger partial charge on any atom is -0.508 e. The van der Waals surface area contributed by atoms with Gasteiger partial charge in [-0.05, 0) is 23.8 Å². The average Bonchev–Trinajstić information content (AvgIpc) is 2.27. The molecule has 0 fully saturated rings. The maximum absolute atomic E-state index is 9.55. The molecule has 0 bridgehead atoms. The van der Waals surface area contributed by atoms with Crippen LogP contribution in [0, 0.1) is 0 Å². The smallest absolute Gasteiger partial charge is 0.122 e. The molecule has 2 aromatic carbocycles. The molecule has 0 aliphatic rings. The van der Waals surface area contributed by atoms with Crippen LogP contribution in [-0.2, 0) is 0 Å². The van der Waals surface area contributed by atoms with Crippen LogP contribution in [0.1, 0.15) is 11.1 Å². The predicted molar refractivity (Wildman–Crippen MR) is 66.8 cm³/mol. The molecule has 0 amide bonds. The topological polar surface area (TPSA) is 60.7 Å². The van der Waals surface area contributed by atoms with E-state index in [0.29, 0.717) is 11.1 Å². The van der Waals surface area contributed by atoms with E-state index in [0.717, 1.165) is 0 Å². The summed E-state index contributed by atoms with van der Waals surface area (Å²) in [6, 6.07) is 11.2. The summed E-state index contributed by atoms with van der Waals surface area (Å²) in [7, 11) is 0. The standard InChI is InChI=1S/C14H12O3/c15-12-7-10(8-13(16)9-12)5-6-11-3-1-2-4-14(11)17/h1-9,15-17H. The van der Waals surface area contributed by atoms with Crippen molar-refractivity contribution in [2.75, 3.05) is 0 Å². The molecule has 0 atom stereocenters. The molecule has 0 aliphatic heterocycles. The van der Waals surface area contributed by atoms with E-state index in [1.165, 1.54) is 18.2 Å². The number of para-hydroxylation sites is 1. The Labute approximate surface area is 98.9 Å². The highest BCUT2D eigenvalue weighted by atomic mass is 16.3. The van der Waals surface area contributed by atoms with Crippen LogP contribution in [0.5, 0.6) is 17.2 Å². The second kappa shape index (κ2) is 4.61. The van der Waals surface area contributed by atoms with E-state index in [4.69, 9.17) is 0 Å². The molecule has 2 aromatic rings. The first-order valence-corrected chi connectivity index (χ1v) is 5.14. The van der Waals surface area contributed by atoms with Crippen molar-refractivity contribution in [3.63, 3.8) is 0 Å². The van der Waals surface area contributed by atoms with Crippen molar-refractivity contribution in [2.45, 2.75) is 0 Å². The number of benzene rings is 2. The van der Waals surface area contributed by atoms with Crippen LogP contribution in [0.15, 0.2) is 42.5 Å². The van der Waals surface area contributed by atoms with Gasteiger partial charge in [-0.2, -0.15) is 0 Å². The van der Waals surface area contributed by atoms with Gasteiger partial charge in [0, 0.05) is 11.6 Å². The highest BCUT2D eigenvalue weighted by Crippen LogP contribution is 2.23. The Bertz CT molecular complexity index is 539. The summed E-state index contributed by atoms with van der Waals surface area (Å²) >= 11 is 0. The number of hydrogen-bond acceptors (Lipinski definition) is 3. The number of hydrogen-bond donors (Lipinski definition) is 3. The second-order valence-electron chi connectivity index (χ2n) is 3.67. The molecule has 0 saturated carbocycles. The zero-order valence-electron chi connectivity index (χ0n) is 9.04. The zero-order valence-corrected chi connectivity index (χ0v) is 9.04. The van der Waals surface area contributed by atoms with Gasteiger partial charge in [0.1, 0.15) is 17.2 Å². The molecule has 0 aromatic heterocycles. The maximum Gasteiger partial charge on any atom is 0.122 e. The third kappa shape index (κ3) is 2.78. The summed E-state index contributed by atoms with van der Waals surface area (Å²) < 4.78 is 0. The summed E-state index contributed by atoms with van der Waals surface area (Å²) in [6.07, 6.45) is 3.41. The number of aromatic hydroxyl groups is 3. The highest BCUT2D eigenvalue weighted by molar-refractivity contribution is 5.73. The normalized spacial score (nSPS) is 10.8. The Morgan fingerprint density at radius 3 is 2.06 bits per heavy atom. The SMILES string of the molecule is Oc1cc(O)cc(C=Cc2ccccc2O)c1. The summed E-state index contributed by atoms with van der Waals surface area (Å²) in [6.45, 7) is 0. The van der Waals surface area contributed by atoms with Crippen LogP contribution in [0.3, 0.4) is 0 Å². The second-order valence-corrected chi connectivity index (χ2v) is 3.67. The number of phenolic OH excluding ortho intramolecular Hbond substituents is 3. The largest absolute Gasteiger partial charge is 0.508 e. The van der Waals surface area contributed by atoms with Gasteiger partial charge in [0.25, 0.3) is 0 Å². The third-order valence-electron chi connectivity index (χ3n) is 2.32. The van der Waals surface area contributed by atoms with Crippen molar-refractivity contribution in [1.29, 1.82) is 0 Å². The first-order chi connectivity index (χ1) is 8.15. The van der Waals surface area contributed by atoms with E-state index < -0.39 is 0 Å². The molecule has 3 nitrogen and oxygen atoms in total. The Morgan fingerprint density at radius 2 is 1.41 bits per heavy atom. The summed E-state index contributed by atoms with van der Waals surface area (Å²) in [5, 5.41) is 28.2. The van der Waals surface area contributed by atoms with E-state index in [2.05, 4.69) is 0 Å². The first-order valence-electron chi connectivity index (χ1n) is 5.14. The Balaban J connectivity index is 2.29. The van der Waals surface area contributed by atoms with Gasteiger partial charge in [0.2, 0.25) is 0 Å². The molecular weight excluding hydrogens is 216 g/mol. The van der Waals surface area contributed by atoms with E-state index in [1.807, 2.05) is 6.07 Å². The van der Waals surface area contributed by atoms with Crippen molar-refractivity contribution in [3.8, 4) is 17.2 Å². The molecule has 0 heterocycles. The molecule has 3 N–H and O–H groups in total. The average molecular weight is 228 g/mol. The van der Waals surface area contributed by atoms with Gasteiger partial charge in [-0.3, -0.25) is 0 Å². The highest BCUT2D eigenvalue weighted by Gasteiger charge is 1.97. The lowest BCUT2D eigenvalue weighted by molar-refractivity contribution is 0.450. The molecule has 0 saturated heterocycles. The van der Waals surface area contributed by atoms with Crippen molar-refractivity contribution in [2.24, 2.45) is 0 Å². The van der Waals surface area contributed by atoms with Crippen LogP contribution < -0.4 is 0 Å². The molecule has 0 radical (unpaired) electrons. The third-order valence-corrected chi connectivity index (χ3v) is 2.32. The Morgan fingerprint density at radius 1 is 0.765 bits per heavy atom. The maximum atomic E-state index is 9.55. The van der Waals surface area contributed by atoms with Gasteiger partial charge >= 0.3 is 0 Å². The van der Waals surface area contributed by atoms with E-state index >= 15 is 0 Å². The van der Waals surface area contributed by atoms with Crippen LogP contribution in [0.4, 0.5) is 0 Å². The van der Waals surface area contributed by atoms with Crippen molar-refractivity contribution in [1.82, 2.24) is 0 Å². The Hall–Kier alpha value is -2.42. The Kier molecular flexibility index (Phi) is 3.01. The fourth-order valence-electron chi connectivity index (χ4n) is 1.53. The number of phenols is 3. The lowest BCUT2D eigenvalue weighted by Gasteiger charge is -1.99. The van der Waals surface area contributed by atoms with E-state index in [-0.39, 0.29) is 17.2 Å². The molecule has 86 valence electrons. The lowest BCUT2D eigenvalue weighted by atomic mass is 10.1. The summed E-state index contributed by atoms with van der Waals surface area (Å²) in [5.74, 6) is 0.192. The van der Waals surface area contributed by atoms with Crippen LogP contribution in [-0.4, -0.2) is 15.3 Å². The summed E-state index contributed by atoms with van der Waals surface area (Å²) in [5.41, 5.74) is 1.33. The van der Waals surface area contributed by atoms with Crippen molar-refractivity contribution >= 4 is 12.2 Å². The van der Waals surface area contributed by atoms with Crippen LogP contribution in [0.2, 0.25) is 0 Å². The quantitative estimate of drug-likeness (QED) is 0.692. The molecule has 17 heavy (non-hydrogen) atoms. The monoisotopic (exact) mass is 228 g/mol. The molecule has 3 heteroatoms. The molecule has 2 rings (SSSR count). The van der Waals surface area contributed by atoms with Gasteiger partial charge in [-0.1, -0.05) is 30.4 Å². The molecule has 0 unspecified atom stereocenters. The fraction of sp³-hybridized carbons (Fsp3) is 0. The van der Waals surface area contributed by atoms with E-state index in [9.17, 15) is 15.3 Å².